The fourth-order valence-electron chi connectivity index (χ4n) is 7.63. The molecule has 4 aliphatic carbocycles. The van der Waals surface area contributed by atoms with Crippen LogP contribution in [0.3, 0.4) is 0 Å². The van der Waals surface area contributed by atoms with E-state index in [1.807, 2.05) is 5.57 Å². The lowest BCUT2D eigenvalue weighted by molar-refractivity contribution is -0.0586. The number of allylic oxidation sites excluding steroid dienone is 2. The Labute approximate surface area is 138 Å². The van der Waals surface area contributed by atoms with Gasteiger partial charge in [-0.2, -0.15) is 0 Å². The van der Waals surface area contributed by atoms with Gasteiger partial charge in [0.15, 0.2) is 0 Å². The van der Waals surface area contributed by atoms with Crippen molar-refractivity contribution in [3.05, 3.63) is 11.6 Å². The highest BCUT2D eigenvalue weighted by Crippen LogP contribution is 2.64. The van der Waals surface area contributed by atoms with Gasteiger partial charge in [0.25, 0.3) is 0 Å². The van der Waals surface area contributed by atoms with Gasteiger partial charge >= 0.3 is 0 Å². The van der Waals surface area contributed by atoms with E-state index in [2.05, 4.69) is 33.8 Å². The highest BCUT2D eigenvalue weighted by atomic mass is 14.6. The molecule has 4 rings (SSSR count). The number of hydrogen-bond donors (Lipinski definition) is 0. The van der Waals surface area contributed by atoms with Gasteiger partial charge in [-0.1, -0.05) is 32.4 Å². The van der Waals surface area contributed by atoms with E-state index in [-0.39, 0.29) is 0 Å². The Kier molecular flexibility index (Phi) is 3.55. The number of fused-ring (bicyclic) bond motifs is 5. The number of rotatable bonds is 0. The van der Waals surface area contributed by atoms with Gasteiger partial charge in [-0.05, 0) is 105 Å². The first kappa shape index (κ1) is 15.3. The van der Waals surface area contributed by atoms with Gasteiger partial charge in [0.05, 0.1) is 0 Å². The molecule has 4 saturated carbocycles. The molecular formula is C22H36. The van der Waals surface area contributed by atoms with Crippen LogP contribution in [-0.2, 0) is 0 Å². The van der Waals surface area contributed by atoms with Crippen molar-refractivity contribution in [2.24, 2.45) is 40.4 Å². The average Bonchev–Trinajstić information content (AvgIpc) is 2.82. The predicted octanol–water partition coefficient (Wildman–Crippen LogP) is 6.61. The van der Waals surface area contributed by atoms with E-state index in [0.717, 1.165) is 29.6 Å². The Hall–Kier alpha value is -0.260. The first-order valence-electron chi connectivity index (χ1n) is 10.1. The third-order valence-electron chi connectivity index (χ3n) is 8.68. The van der Waals surface area contributed by atoms with Crippen molar-refractivity contribution in [1.29, 1.82) is 0 Å². The molecule has 0 spiro atoms. The molecule has 0 N–H and O–H groups in total. The summed E-state index contributed by atoms with van der Waals surface area (Å²) in [6.45, 7) is 9.94. The lowest BCUT2D eigenvalue weighted by Crippen LogP contribution is -2.48. The summed E-state index contributed by atoms with van der Waals surface area (Å²) in [4.78, 5) is 0. The third kappa shape index (κ3) is 2.15. The largest absolute Gasteiger partial charge is 0.0879 e. The fourth-order valence-corrected chi connectivity index (χ4v) is 7.63. The summed E-state index contributed by atoms with van der Waals surface area (Å²) in [7, 11) is 0. The van der Waals surface area contributed by atoms with E-state index in [1.165, 1.54) is 38.5 Å². The molecule has 0 aromatic rings. The summed E-state index contributed by atoms with van der Waals surface area (Å²) < 4.78 is 0. The summed E-state index contributed by atoms with van der Waals surface area (Å²) in [5.74, 6) is 5.33. The lowest BCUT2D eigenvalue weighted by Gasteiger charge is -2.56. The second kappa shape index (κ2) is 5.12. The van der Waals surface area contributed by atoms with E-state index in [0.29, 0.717) is 10.8 Å². The quantitative estimate of drug-likeness (QED) is 0.441. The van der Waals surface area contributed by atoms with Crippen LogP contribution >= 0.6 is 0 Å². The zero-order chi connectivity index (χ0) is 15.5. The van der Waals surface area contributed by atoms with Crippen molar-refractivity contribution in [3.8, 4) is 0 Å². The van der Waals surface area contributed by atoms with E-state index in [4.69, 9.17) is 0 Å². The Bertz CT molecular complexity index is 470. The highest BCUT2D eigenvalue weighted by Gasteiger charge is 2.55. The molecule has 0 nitrogen and oxygen atoms in total. The second-order valence-corrected chi connectivity index (χ2v) is 10.2. The molecule has 4 aliphatic rings. The Morgan fingerprint density at radius 1 is 0.864 bits per heavy atom. The van der Waals surface area contributed by atoms with Gasteiger partial charge in [0, 0.05) is 0 Å². The predicted molar refractivity (Wildman–Crippen MR) is 94.6 cm³/mol. The Balaban J connectivity index is 1.57. The van der Waals surface area contributed by atoms with Crippen LogP contribution in [0, 0.1) is 40.4 Å². The molecule has 124 valence electrons. The molecule has 0 saturated heterocycles. The summed E-state index contributed by atoms with van der Waals surface area (Å²) in [6, 6.07) is 0. The summed E-state index contributed by atoms with van der Waals surface area (Å²) >= 11 is 0. The van der Waals surface area contributed by atoms with Crippen LogP contribution in [-0.4, -0.2) is 0 Å². The highest BCUT2D eigenvalue weighted by molar-refractivity contribution is 5.23. The minimum atomic E-state index is 0.580. The molecule has 0 aromatic carbocycles. The van der Waals surface area contributed by atoms with Crippen molar-refractivity contribution in [2.45, 2.75) is 85.5 Å². The van der Waals surface area contributed by atoms with Crippen molar-refractivity contribution in [2.75, 3.05) is 0 Å². The number of hydrogen-bond acceptors (Lipinski definition) is 0. The molecule has 0 heterocycles. The fraction of sp³-hybridized carbons (Fsp3) is 0.909. The van der Waals surface area contributed by atoms with Gasteiger partial charge in [-0.3, -0.25) is 0 Å². The van der Waals surface area contributed by atoms with E-state index < -0.39 is 0 Å². The smallest absolute Gasteiger partial charge is 0.00853 e. The van der Waals surface area contributed by atoms with Gasteiger partial charge in [0.1, 0.15) is 0 Å². The molecule has 0 bridgehead atoms. The van der Waals surface area contributed by atoms with Gasteiger partial charge < -0.3 is 0 Å². The third-order valence-corrected chi connectivity index (χ3v) is 8.68. The summed E-state index contributed by atoms with van der Waals surface area (Å²) in [5, 5.41) is 0. The van der Waals surface area contributed by atoms with Crippen LogP contribution in [0.25, 0.3) is 0 Å². The molecule has 0 unspecified atom stereocenters. The van der Waals surface area contributed by atoms with Crippen molar-refractivity contribution in [1.82, 2.24) is 0 Å². The lowest BCUT2D eigenvalue weighted by atomic mass is 9.49. The maximum atomic E-state index is 2.62. The van der Waals surface area contributed by atoms with Gasteiger partial charge in [0.2, 0.25) is 0 Å². The monoisotopic (exact) mass is 300 g/mol. The normalized spacial score (nSPS) is 52.0. The molecular weight excluding hydrogens is 264 g/mol. The molecule has 0 amide bonds. The Morgan fingerprint density at radius 2 is 1.64 bits per heavy atom. The summed E-state index contributed by atoms with van der Waals surface area (Å²) in [6.07, 6.45) is 16.0. The first-order chi connectivity index (χ1) is 10.4. The standard InChI is InChI=1S/C22H36/c1-5-16-7-9-20-19-8-6-15-14-21(2,3)12-10-17(15)18(19)11-13-22(16,20)4/h5,15,17-20H,6-14H2,1-4H3/t15-,17+,18-,19-,20+,22-/m1/s1. The minimum absolute atomic E-state index is 0.580. The van der Waals surface area contributed by atoms with E-state index in [9.17, 15) is 0 Å². The van der Waals surface area contributed by atoms with Crippen LogP contribution < -0.4 is 0 Å². The SMILES string of the molecule is CC=C1CC[C@H]2[C@@H]3CC[C@@H]4CC(C)(C)CC[C@@H]4[C@H]3CC[C@]12C. The van der Waals surface area contributed by atoms with E-state index in [1.54, 1.807) is 19.3 Å². The topological polar surface area (TPSA) is 0 Å². The maximum Gasteiger partial charge on any atom is -0.00853 e. The maximum absolute atomic E-state index is 2.62. The van der Waals surface area contributed by atoms with Crippen LogP contribution in [0.15, 0.2) is 11.6 Å². The molecule has 0 heteroatoms. The molecule has 22 heavy (non-hydrogen) atoms. The molecule has 0 aliphatic heterocycles. The summed E-state index contributed by atoms with van der Waals surface area (Å²) in [5.41, 5.74) is 3.02. The van der Waals surface area contributed by atoms with Crippen molar-refractivity contribution < 1.29 is 0 Å². The van der Waals surface area contributed by atoms with Gasteiger partial charge in [-0.15, -0.1) is 0 Å². The average molecular weight is 301 g/mol. The molecule has 4 fully saturated rings. The van der Waals surface area contributed by atoms with Crippen molar-refractivity contribution >= 4 is 0 Å². The van der Waals surface area contributed by atoms with Crippen LogP contribution in [0.5, 0.6) is 0 Å². The minimum Gasteiger partial charge on any atom is -0.0879 e. The molecule has 6 atom stereocenters. The molecule has 0 radical (unpaired) electrons. The first-order valence-corrected chi connectivity index (χ1v) is 10.1. The zero-order valence-corrected chi connectivity index (χ0v) is 15.3. The Morgan fingerprint density at radius 3 is 2.41 bits per heavy atom. The molecule has 0 aromatic heterocycles. The van der Waals surface area contributed by atoms with Crippen LogP contribution in [0.2, 0.25) is 0 Å². The van der Waals surface area contributed by atoms with Crippen molar-refractivity contribution in [3.63, 3.8) is 0 Å². The van der Waals surface area contributed by atoms with Gasteiger partial charge in [-0.25, -0.2) is 0 Å². The van der Waals surface area contributed by atoms with Crippen LogP contribution in [0.4, 0.5) is 0 Å². The zero-order valence-electron chi connectivity index (χ0n) is 15.3. The van der Waals surface area contributed by atoms with Crippen LogP contribution in [0.1, 0.15) is 85.5 Å². The van der Waals surface area contributed by atoms with E-state index >= 15 is 0 Å². The second-order valence-electron chi connectivity index (χ2n) is 10.2.